The average Bonchev–Trinajstić information content (AvgIpc) is 2.98. The predicted molar refractivity (Wildman–Crippen MR) is 87.1 cm³/mol. The van der Waals surface area contributed by atoms with E-state index in [1.807, 2.05) is 36.4 Å². The molecule has 0 fully saturated rings. The molecular formula is C20H16O2. The van der Waals surface area contributed by atoms with Crippen molar-refractivity contribution < 1.29 is 9.84 Å². The first-order chi connectivity index (χ1) is 10.8. The molecule has 1 aliphatic heterocycles. The number of hydrogen-bond donors (Lipinski definition) is 1. The maximum atomic E-state index is 10.3. The van der Waals surface area contributed by atoms with Gasteiger partial charge in [-0.05, 0) is 27.8 Å². The maximum absolute atomic E-state index is 10.3. The molecular weight excluding hydrogens is 272 g/mol. The predicted octanol–water partition coefficient (Wildman–Crippen LogP) is 4.54. The molecule has 0 spiro atoms. The SMILES string of the molecule is OC1OCc2c(-c3ccccc3)ccc(-c3ccccc3)c21. The molecule has 0 bridgehead atoms. The van der Waals surface area contributed by atoms with Crippen LogP contribution in [0.15, 0.2) is 72.8 Å². The topological polar surface area (TPSA) is 29.5 Å². The highest BCUT2D eigenvalue weighted by Gasteiger charge is 2.27. The molecule has 1 N–H and O–H groups in total. The van der Waals surface area contributed by atoms with E-state index in [1.165, 1.54) is 0 Å². The van der Waals surface area contributed by atoms with Crippen LogP contribution < -0.4 is 0 Å². The van der Waals surface area contributed by atoms with Crippen molar-refractivity contribution in [1.82, 2.24) is 0 Å². The number of ether oxygens (including phenoxy) is 1. The van der Waals surface area contributed by atoms with Crippen LogP contribution in [0, 0.1) is 0 Å². The fraction of sp³-hybridized carbons (Fsp3) is 0.100. The van der Waals surface area contributed by atoms with Crippen molar-refractivity contribution in [3.8, 4) is 22.3 Å². The summed E-state index contributed by atoms with van der Waals surface area (Å²) >= 11 is 0. The summed E-state index contributed by atoms with van der Waals surface area (Å²) in [6.07, 6.45) is -0.853. The van der Waals surface area contributed by atoms with Gasteiger partial charge in [0.25, 0.3) is 0 Å². The maximum Gasteiger partial charge on any atom is 0.182 e. The molecule has 1 heterocycles. The molecule has 22 heavy (non-hydrogen) atoms. The van der Waals surface area contributed by atoms with Gasteiger partial charge in [-0.2, -0.15) is 0 Å². The van der Waals surface area contributed by atoms with Gasteiger partial charge in [0.2, 0.25) is 0 Å². The van der Waals surface area contributed by atoms with E-state index in [0.717, 1.165) is 33.4 Å². The lowest BCUT2D eigenvalue weighted by Crippen LogP contribution is -1.97. The molecule has 4 rings (SSSR count). The number of rotatable bonds is 2. The first-order valence-corrected chi connectivity index (χ1v) is 7.41. The Morgan fingerprint density at radius 1 is 0.727 bits per heavy atom. The Morgan fingerprint density at radius 3 is 1.91 bits per heavy atom. The lowest BCUT2D eigenvalue weighted by molar-refractivity contribution is -0.0915. The van der Waals surface area contributed by atoms with Gasteiger partial charge < -0.3 is 9.84 Å². The van der Waals surface area contributed by atoms with Crippen molar-refractivity contribution in [1.29, 1.82) is 0 Å². The molecule has 2 nitrogen and oxygen atoms in total. The summed E-state index contributed by atoms with van der Waals surface area (Å²) in [6.45, 7) is 0.446. The number of hydrogen-bond acceptors (Lipinski definition) is 2. The molecule has 0 aromatic heterocycles. The Bertz CT molecular complexity index is 795. The van der Waals surface area contributed by atoms with Crippen LogP contribution in [-0.4, -0.2) is 5.11 Å². The lowest BCUT2D eigenvalue weighted by Gasteiger charge is -2.14. The van der Waals surface area contributed by atoms with E-state index in [4.69, 9.17) is 4.74 Å². The van der Waals surface area contributed by atoms with Crippen molar-refractivity contribution in [3.63, 3.8) is 0 Å². The number of benzene rings is 3. The van der Waals surface area contributed by atoms with Gasteiger partial charge in [-0.25, -0.2) is 0 Å². The Kier molecular flexibility index (Phi) is 3.26. The van der Waals surface area contributed by atoms with Crippen molar-refractivity contribution >= 4 is 0 Å². The second-order valence-corrected chi connectivity index (χ2v) is 5.45. The number of fused-ring (bicyclic) bond motifs is 1. The quantitative estimate of drug-likeness (QED) is 0.750. The van der Waals surface area contributed by atoms with E-state index in [0.29, 0.717) is 6.61 Å². The van der Waals surface area contributed by atoms with Crippen LogP contribution in [0.2, 0.25) is 0 Å². The zero-order valence-corrected chi connectivity index (χ0v) is 12.1. The van der Waals surface area contributed by atoms with Crippen LogP contribution in [0.5, 0.6) is 0 Å². The number of aliphatic hydroxyl groups is 1. The van der Waals surface area contributed by atoms with E-state index in [-0.39, 0.29) is 0 Å². The summed E-state index contributed by atoms with van der Waals surface area (Å²) in [5.41, 5.74) is 6.40. The van der Waals surface area contributed by atoms with Gasteiger partial charge in [0, 0.05) is 5.56 Å². The van der Waals surface area contributed by atoms with Gasteiger partial charge in [0.15, 0.2) is 6.29 Å². The normalized spacial score (nSPS) is 16.5. The van der Waals surface area contributed by atoms with E-state index in [2.05, 4.69) is 36.4 Å². The lowest BCUT2D eigenvalue weighted by atomic mass is 9.90. The van der Waals surface area contributed by atoms with Crippen molar-refractivity contribution in [3.05, 3.63) is 83.9 Å². The molecule has 0 saturated heterocycles. The Labute approximate surface area is 129 Å². The third kappa shape index (κ3) is 2.13. The summed E-state index contributed by atoms with van der Waals surface area (Å²) in [7, 11) is 0. The Hall–Kier alpha value is -2.42. The van der Waals surface area contributed by atoms with Crippen LogP contribution in [0.1, 0.15) is 17.4 Å². The molecule has 1 aliphatic rings. The van der Waals surface area contributed by atoms with Crippen molar-refractivity contribution in [2.75, 3.05) is 0 Å². The van der Waals surface area contributed by atoms with E-state index in [9.17, 15) is 5.11 Å². The third-order valence-corrected chi connectivity index (χ3v) is 4.16. The standard InChI is InChI=1S/C20H16O2/c21-20-19-17(15-9-5-2-6-10-15)12-11-16(18(19)13-22-20)14-7-3-1-4-8-14/h1-12,20-21H,13H2. The van der Waals surface area contributed by atoms with Crippen molar-refractivity contribution in [2.24, 2.45) is 0 Å². The monoisotopic (exact) mass is 288 g/mol. The second-order valence-electron chi connectivity index (χ2n) is 5.45. The van der Waals surface area contributed by atoms with Crippen LogP contribution in [-0.2, 0) is 11.3 Å². The average molecular weight is 288 g/mol. The van der Waals surface area contributed by atoms with Crippen molar-refractivity contribution in [2.45, 2.75) is 12.9 Å². The Balaban J connectivity index is 1.93. The summed E-state index contributed by atoms with van der Waals surface area (Å²) in [5, 5.41) is 10.3. The molecule has 0 amide bonds. The van der Waals surface area contributed by atoms with Crippen LogP contribution in [0.3, 0.4) is 0 Å². The van der Waals surface area contributed by atoms with Gasteiger partial charge in [-0.1, -0.05) is 72.8 Å². The van der Waals surface area contributed by atoms with Gasteiger partial charge in [0.1, 0.15) is 0 Å². The highest BCUT2D eigenvalue weighted by Crippen LogP contribution is 2.41. The first kappa shape index (κ1) is 13.3. The third-order valence-electron chi connectivity index (χ3n) is 4.16. The highest BCUT2D eigenvalue weighted by atomic mass is 16.6. The van der Waals surface area contributed by atoms with Crippen LogP contribution >= 0.6 is 0 Å². The van der Waals surface area contributed by atoms with Crippen LogP contribution in [0.4, 0.5) is 0 Å². The van der Waals surface area contributed by atoms with E-state index in [1.54, 1.807) is 0 Å². The van der Waals surface area contributed by atoms with Gasteiger partial charge in [-0.3, -0.25) is 0 Å². The van der Waals surface area contributed by atoms with Gasteiger partial charge >= 0.3 is 0 Å². The highest BCUT2D eigenvalue weighted by molar-refractivity contribution is 5.78. The summed E-state index contributed by atoms with van der Waals surface area (Å²) in [4.78, 5) is 0. The zero-order chi connectivity index (χ0) is 14.9. The van der Waals surface area contributed by atoms with Gasteiger partial charge in [0.05, 0.1) is 6.61 Å². The molecule has 0 aliphatic carbocycles. The van der Waals surface area contributed by atoms with E-state index >= 15 is 0 Å². The van der Waals surface area contributed by atoms with Crippen LogP contribution in [0.25, 0.3) is 22.3 Å². The minimum Gasteiger partial charge on any atom is -0.364 e. The summed E-state index contributed by atoms with van der Waals surface area (Å²) < 4.78 is 5.50. The molecule has 1 unspecified atom stereocenters. The smallest absolute Gasteiger partial charge is 0.182 e. The fourth-order valence-electron chi connectivity index (χ4n) is 3.11. The molecule has 0 radical (unpaired) electrons. The second kappa shape index (κ2) is 5.41. The first-order valence-electron chi connectivity index (χ1n) is 7.41. The zero-order valence-electron chi connectivity index (χ0n) is 12.1. The largest absolute Gasteiger partial charge is 0.364 e. The number of aliphatic hydroxyl groups excluding tert-OH is 1. The molecule has 2 heteroatoms. The van der Waals surface area contributed by atoms with E-state index < -0.39 is 6.29 Å². The fourth-order valence-corrected chi connectivity index (χ4v) is 3.11. The molecule has 108 valence electrons. The summed E-state index contributed by atoms with van der Waals surface area (Å²) in [6, 6.07) is 24.6. The Morgan fingerprint density at radius 2 is 1.27 bits per heavy atom. The van der Waals surface area contributed by atoms with Gasteiger partial charge in [-0.15, -0.1) is 0 Å². The molecule has 3 aromatic carbocycles. The minimum absolute atomic E-state index is 0.446. The molecule has 3 aromatic rings. The summed E-state index contributed by atoms with van der Waals surface area (Å²) in [5.74, 6) is 0. The minimum atomic E-state index is -0.853. The molecule has 0 saturated carbocycles. The molecule has 1 atom stereocenters.